The van der Waals surface area contributed by atoms with Gasteiger partial charge in [0.1, 0.15) is 0 Å². The third-order valence-corrected chi connectivity index (χ3v) is 11.1. The molecule has 0 radical (unpaired) electrons. The molecule has 10 aromatic rings. The van der Waals surface area contributed by atoms with Crippen molar-refractivity contribution in [1.82, 2.24) is 18.7 Å². The molecule has 0 bridgehead atoms. The molecule has 1 aliphatic rings. The Morgan fingerprint density at radius 3 is 1.69 bits per heavy atom. The normalized spacial score (nSPS) is 12.7. The number of fused-ring (bicyclic) bond motifs is 11. The van der Waals surface area contributed by atoms with Gasteiger partial charge in [-0.15, -0.1) is 0 Å². The minimum Gasteiger partial charge on any atom is -0.309 e. The Kier molecular flexibility index (Phi) is 5.63. The van der Waals surface area contributed by atoms with Gasteiger partial charge in [0.25, 0.3) is 0 Å². The van der Waals surface area contributed by atoms with Crippen LogP contribution in [0, 0.1) is 0 Å². The zero-order valence-corrected chi connectivity index (χ0v) is 27.2. The molecule has 3 aromatic heterocycles. The molecule has 7 aromatic carbocycles. The second kappa shape index (κ2) is 10.2. The van der Waals surface area contributed by atoms with E-state index < -0.39 is 0 Å². The number of hydrogen-bond donors (Lipinski definition) is 0. The summed E-state index contributed by atoms with van der Waals surface area (Å²) in [6.45, 7) is 0. The summed E-state index contributed by atoms with van der Waals surface area (Å²) in [5.41, 5.74) is 14.4. The largest absolute Gasteiger partial charge is 0.309 e. The standard InChI is InChI=1S/C44H28N4S/c1-2-10-31(11-3-1)46-39-15-7-4-12-33(39)35-25-28(18-21-41(35)46)29-19-22-42-36(26-29)34-13-5-8-16-40(34)47(42)32-20-23-38-30(24-32)27-49-44-45-37-14-6-9-17-43(37)48(38)44/h1-26H,27H2. The lowest BCUT2D eigenvalue weighted by atomic mass is 10.0. The highest BCUT2D eigenvalue weighted by molar-refractivity contribution is 7.98. The lowest BCUT2D eigenvalue weighted by Crippen LogP contribution is -2.07. The number of benzene rings is 7. The predicted octanol–water partition coefficient (Wildman–Crippen LogP) is 11.5. The first kappa shape index (κ1) is 27.0. The molecule has 230 valence electrons. The minimum atomic E-state index is 0.900. The topological polar surface area (TPSA) is 27.7 Å². The molecule has 0 atom stereocenters. The average Bonchev–Trinajstić information content (AvgIpc) is 3.82. The van der Waals surface area contributed by atoms with Crippen LogP contribution in [0.1, 0.15) is 5.56 Å². The molecule has 0 spiro atoms. The van der Waals surface area contributed by atoms with Crippen LogP contribution in [0.2, 0.25) is 0 Å². The zero-order chi connectivity index (χ0) is 32.1. The number of hydrogen-bond acceptors (Lipinski definition) is 2. The molecule has 1 aliphatic heterocycles. The SMILES string of the molecule is c1ccc(-n2c3ccccc3c3cc(-c4ccc5c(c4)c4ccccc4n5-c4ccc5c(c4)CSc4nc6ccccc6n4-5)ccc32)cc1. The summed E-state index contributed by atoms with van der Waals surface area (Å²) >= 11 is 1.81. The summed E-state index contributed by atoms with van der Waals surface area (Å²) in [4.78, 5) is 4.91. The van der Waals surface area contributed by atoms with Crippen molar-refractivity contribution in [2.45, 2.75) is 10.9 Å². The molecule has 0 aliphatic carbocycles. The van der Waals surface area contributed by atoms with Gasteiger partial charge in [-0.25, -0.2) is 4.98 Å². The Balaban J connectivity index is 1.07. The monoisotopic (exact) mass is 644 g/mol. The first-order valence-corrected chi connectivity index (χ1v) is 17.6. The van der Waals surface area contributed by atoms with Gasteiger partial charge >= 0.3 is 0 Å². The van der Waals surface area contributed by atoms with Crippen LogP contribution in [0.4, 0.5) is 0 Å². The van der Waals surface area contributed by atoms with Crippen molar-refractivity contribution in [3.05, 3.63) is 163 Å². The van der Waals surface area contributed by atoms with Crippen molar-refractivity contribution in [2.24, 2.45) is 0 Å². The van der Waals surface area contributed by atoms with Crippen LogP contribution in [0.5, 0.6) is 0 Å². The zero-order valence-electron chi connectivity index (χ0n) is 26.4. The van der Waals surface area contributed by atoms with Gasteiger partial charge in [0.05, 0.1) is 38.8 Å². The van der Waals surface area contributed by atoms with Crippen LogP contribution in [0.15, 0.2) is 163 Å². The molecule has 49 heavy (non-hydrogen) atoms. The summed E-state index contributed by atoms with van der Waals surface area (Å²) in [7, 11) is 0. The maximum atomic E-state index is 4.91. The van der Waals surface area contributed by atoms with Crippen molar-refractivity contribution in [1.29, 1.82) is 0 Å². The van der Waals surface area contributed by atoms with Crippen LogP contribution in [0.3, 0.4) is 0 Å². The number of rotatable bonds is 3. The average molecular weight is 645 g/mol. The second-order valence-corrected chi connectivity index (χ2v) is 13.8. The van der Waals surface area contributed by atoms with E-state index in [1.165, 1.54) is 77.4 Å². The lowest BCUT2D eigenvalue weighted by Gasteiger charge is -2.20. The molecule has 0 fully saturated rings. The summed E-state index contributed by atoms with van der Waals surface area (Å²) in [6, 6.07) is 57.4. The third kappa shape index (κ3) is 3.91. The fourth-order valence-corrected chi connectivity index (χ4v) is 8.96. The number of para-hydroxylation sites is 5. The van der Waals surface area contributed by atoms with E-state index in [2.05, 4.69) is 171 Å². The Labute approximate surface area is 286 Å². The van der Waals surface area contributed by atoms with Crippen molar-refractivity contribution in [3.8, 4) is 28.2 Å². The molecule has 0 N–H and O–H groups in total. The molecule has 0 saturated heterocycles. The van der Waals surface area contributed by atoms with E-state index in [9.17, 15) is 0 Å². The maximum absolute atomic E-state index is 4.91. The number of nitrogens with zero attached hydrogens (tertiary/aromatic N) is 4. The molecular weight excluding hydrogens is 617 g/mol. The summed E-state index contributed by atoms with van der Waals surface area (Å²) < 4.78 is 7.12. The Morgan fingerprint density at radius 1 is 0.429 bits per heavy atom. The Morgan fingerprint density at radius 2 is 1.00 bits per heavy atom. The molecule has 0 amide bonds. The van der Waals surface area contributed by atoms with Crippen LogP contribution in [-0.4, -0.2) is 18.7 Å². The highest BCUT2D eigenvalue weighted by Crippen LogP contribution is 2.41. The quantitative estimate of drug-likeness (QED) is 0.191. The molecule has 4 nitrogen and oxygen atoms in total. The first-order chi connectivity index (χ1) is 24.3. The van der Waals surface area contributed by atoms with Gasteiger partial charge in [0.2, 0.25) is 0 Å². The maximum Gasteiger partial charge on any atom is 0.174 e. The van der Waals surface area contributed by atoms with Gasteiger partial charge in [-0.2, -0.15) is 0 Å². The van der Waals surface area contributed by atoms with Crippen molar-refractivity contribution in [3.63, 3.8) is 0 Å². The lowest BCUT2D eigenvalue weighted by molar-refractivity contribution is 0.893. The molecule has 0 saturated carbocycles. The van der Waals surface area contributed by atoms with E-state index in [0.29, 0.717) is 0 Å². The van der Waals surface area contributed by atoms with Gasteiger partial charge in [-0.3, -0.25) is 4.57 Å². The number of thioether (sulfide) groups is 1. The minimum absolute atomic E-state index is 0.900. The van der Waals surface area contributed by atoms with Crippen LogP contribution in [0.25, 0.3) is 82.8 Å². The van der Waals surface area contributed by atoms with Crippen LogP contribution in [-0.2, 0) is 5.75 Å². The van der Waals surface area contributed by atoms with Gasteiger partial charge in [0, 0.05) is 38.7 Å². The highest BCUT2D eigenvalue weighted by Gasteiger charge is 2.22. The van der Waals surface area contributed by atoms with Crippen molar-refractivity contribution < 1.29 is 0 Å². The van der Waals surface area contributed by atoms with Crippen molar-refractivity contribution >= 4 is 66.4 Å². The Hall–Kier alpha value is -6.04. The van der Waals surface area contributed by atoms with E-state index in [0.717, 1.165) is 21.9 Å². The summed E-state index contributed by atoms with van der Waals surface area (Å²) in [5.74, 6) is 0.900. The smallest absolute Gasteiger partial charge is 0.174 e. The fourth-order valence-electron chi connectivity index (χ4n) is 7.96. The second-order valence-electron chi connectivity index (χ2n) is 12.8. The highest BCUT2D eigenvalue weighted by atomic mass is 32.2. The van der Waals surface area contributed by atoms with E-state index in [1.807, 2.05) is 11.8 Å². The predicted molar refractivity (Wildman–Crippen MR) is 205 cm³/mol. The van der Waals surface area contributed by atoms with Crippen molar-refractivity contribution in [2.75, 3.05) is 0 Å². The van der Waals surface area contributed by atoms with Gasteiger partial charge < -0.3 is 9.13 Å². The Bertz CT molecular complexity index is 2940. The van der Waals surface area contributed by atoms with E-state index in [-0.39, 0.29) is 0 Å². The van der Waals surface area contributed by atoms with E-state index in [1.54, 1.807) is 0 Å². The van der Waals surface area contributed by atoms with Crippen LogP contribution >= 0.6 is 11.8 Å². The number of aromatic nitrogens is 4. The molecular formula is C44H28N4S. The first-order valence-electron chi connectivity index (χ1n) is 16.7. The molecule has 4 heterocycles. The van der Waals surface area contributed by atoms with E-state index in [4.69, 9.17) is 4.98 Å². The number of imidazole rings is 1. The van der Waals surface area contributed by atoms with Gasteiger partial charge in [-0.1, -0.05) is 90.6 Å². The van der Waals surface area contributed by atoms with Gasteiger partial charge in [0.15, 0.2) is 5.16 Å². The fraction of sp³-hybridized carbons (Fsp3) is 0.0227. The molecule has 0 unspecified atom stereocenters. The molecule has 5 heteroatoms. The molecule has 11 rings (SSSR count). The summed E-state index contributed by atoms with van der Waals surface area (Å²) in [6.07, 6.45) is 0. The van der Waals surface area contributed by atoms with E-state index >= 15 is 0 Å². The third-order valence-electron chi connectivity index (χ3n) is 10.1. The summed E-state index contributed by atoms with van der Waals surface area (Å²) in [5, 5.41) is 6.11. The van der Waals surface area contributed by atoms with Gasteiger partial charge in [-0.05, 0) is 95.6 Å². The van der Waals surface area contributed by atoms with Crippen LogP contribution < -0.4 is 0 Å².